The van der Waals surface area contributed by atoms with Gasteiger partial charge in [0.2, 0.25) is 5.95 Å². The molecule has 6 heteroatoms. The number of nitrogens with zero attached hydrogens (tertiary/aromatic N) is 3. The lowest BCUT2D eigenvalue weighted by molar-refractivity contribution is 1.04. The first-order valence-corrected chi connectivity index (χ1v) is 7.01. The van der Waals surface area contributed by atoms with Crippen molar-refractivity contribution in [3.63, 3.8) is 0 Å². The first-order valence-electron chi connectivity index (χ1n) is 6.22. The maximum atomic E-state index is 8.76. The third kappa shape index (κ3) is 3.68. The van der Waals surface area contributed by atoms with E-state index in [0.29, 0.717) is 18.1 Å². The van der Waals surface area contributed by atoms with E-state index in [1.165, 1.54) is 0 Å². The highest BCUT2D eigenvalue weighted by molar-refractivity contribution is 9.10. The fourth-order valence-corrected chi connectivity index (χ4v) is 1.95. The lowest BCUT2D eigenvalue weighted by Gasteiger charge is -2.09. The van der Waals surface area contributed by atoms with E-state index >= 15 is 0 Å². The van der Waals surface area contributed by atoms with Crippen LogP contribution in [0, 0.1) is 11.3 Å². The summed E-state index contributed by atoms with van der Waals surface area (Å²) in [5.74, 6) is 1.33. The van der Waals surface area contributed by atoms with Crippen molar-refractivity contribution in [3.8, 4) is 6.07 Å². The zero-order chi connectivity index (χ0) is 14.4. The Labute approximate surface area is 126 Å². The van der Waals surface area contributed by atoms with E-state index in [1.54, 1.807) is 18.3 Å². The second-order valence-electron chi connectivity index (χ2n) is 4.08. The van der Waals surface area contributed by atoms with Crippen molar-refractivity contribution in [1.29, 1.82) is 5.26 Å². The summed E-state index contributed by atoms with van der Waals surface area (Å²) in [5, 5.41) is 15.1. The lowest BCUT2D eigenvalue weighted by Crippen LogP contribution is -2.07. The molecule has 0 spiro atoms. The third-order valence-electron chi connectivity index (χ3n) is 2.62. The molecule has 1 aromatic heterocycles. The minimum Gasteiger partial charge on any atom is -0.365 e. The molecule has 1 heterocycles. The standard InChI is InChI=1S/C14H14BrN5/c1-2-17-14-19-9-12(15)13(20-14)18-8-11-5-3-10(7-16)4-6-11/h3-6,9H,2,8H2,1H3,(H2,17,18,19,20). The van der Waals surface area contributed by atoms with Crippen LogP contribution in [0.15, 0.2) is 34.9 Å². The predicted molar refractivity (Wildman–Crippen MR) is 82.4 cm³/mol. The summed E-state index contributed by atoms with van der Waals surface area (Å²) in [6, 6.07) is 9.55. The Bertz CT molecular complexity index is 618. The van der Waals surface area contributed by atoms with Crippen LogP contribution >= 0.6 is 15.9 Å². The third-order valence-corrected chi connectivity index (χ3v) is 3.20. The molecule has 0 aliphatic rings. The molecule has 0 bridgehead atoms. The van der Waals surface area contributed by atoms with Crippen molar-refractivity contribution in [2.75, 3.05) is 17.2 Å². The fraction of sp³-hybridized carbons (Fsp3) is 0.214. The highest BCUT2D eigenvalue weighted by Gasteiger charge is 2.04. The second-order valence-corrected chi connectivity index (χ2v) is 4.94. The Hall–Kier alpha value is -2.13. The summed E-state index contributed by atoms with van der Waals surface area (Å²) in [6.07, 6.45) is 1.71. The van der Waals surface area contributed by atoms with Crippen LogP contribution in [0.25, 0.3) is 0 Å². The van der Waals surface area contributed by atoms with Gasteiger partial charge in [0.25, 0.3) is 0 Å². The molecule has 2 N–H and O–H groups in total. The van der Waals surface area contributed by atoms with Crippen molar-refractivity contribution in [2.45, 2.75) is 13.5 Å². The SMILES string of the molecule is CCNc1ncc(Br)c(NCc2ccc(C#N)cc2)n1. The number of nitrogens with one attached hydrogen (secondary N) is 2. The van der Waals surface area contributed by atoms with Gasteiger partial charge in [-0.25, -0.2) is 4.98 Å². The number of anilines is 2. The Morgan fingerprint density at radius 1 is 1.25 bits per heavy atom. The smallest absolute Gasteiger partial charge is 0.224 e. The van der Waals surface area contributed by atoms with Crippen molar-refractivity contribution >= 4 is 27.7 Å². The van der Waals surface area contributed by atoms with Crippen molar-refractivity contribution in [2.24, 2.45) is 0 Å². The van der Waals surface area contributed by atoms with Gasteiger partial charge in [-0.2, -0.15) is 10.2 Å². The highest BCUT2D eigenvalue weighted by Crippen LogP contribution is 2.20. The molecule has 0 unspecified atom stereocenters. The maximum absolute atomic E-state index is 8.76. The van der Waals surface area contributed by atoms with Gasteiger partial charge in [-0.3, -0.25) is 0 Å². The molecule has 0 amide bonds. The van der Waals surface area contributed by atoms with Crippen LogP contribution in [-0.2, 0) is 6.54 Å². The largest absolute Gasteiger partial charge is 0.365 e. The predicted octanol–water partition coefficient (Wildman–Crippen LogP) is 3.15. The topological polar surface area (TPSA) is 73.6 Å². The summed E-state index contributed by atoms with van der Waals surface area (Å²) in [6.45, 7) is 3.40. The van der Waals surface area contributed by atoms with Gasteiger partial charge in [-0.1, -0.05) is 12.1 Å². The molecule has 5 nitrogen and oxygen atoms in total. The molecule has 0 radical (unpaired) electrons. The van der Waals surface area contributed by atoms with Crippen LogP contribution in [0.5, 0.6) is 0 Å². The van der Waals surface area contributed by atoms with E-state index in [1.807, 2.05) is 19.1 Å². The Morgan fingerprint density at radius 3 is 2.65 bits per heavy atom. The molecule has 102 valence electrons. The fourth-order valence-electron chi connectivity index (χ4n) is 1.62. The van der Waals surface area contributed by atoms with Gasteiger partial charge >= 0.3 is 0 Å². The van der Waals surface area contributed by atoms with Gasteiger partial charge in [0.05, 0.1) is 16.1 Å². The van der Waals surface area contributed by atoms with E-state index in [9.17, 15) is 0 Å². The number of nitriles is 1. The molecule has 2 aromatic rings. The van der Waals surface area contributed by atoms with Gasteiger partial charge in [0, 0.05) is 19.3 Å². The quantitative estimate of drug-likeness (QED) is 0.880. The van der Waals surface area contributed by atoms with Crippen LogP contribution in [0.3, 0.4) is 0 Å². The van der Waals surface area contributed by atoms with Crippen molar-refractivity contribution in [3.05, 3.63) is 46.1 Å². The van der Waals surface area contributed by atoms with E-state index in [0.717, 1.165) is 22.4 Å². The van der Waals surface area contributed by atoms with E-state index in [-0.39, 0.29) is 0 Å². The number of benzene rings is 1. The minimum absolute atomic E-state index is 0.595. The number of hydrogen-bond acceptors (Lipinski definition) is 5. The summed E-state index contributed by atoms with van der Waals surface area (Å²) in [5.41, 5.74) is 1.74. The molecular formula is C14H14BrN5. The van der Waals surface area contributed by atoms with Crippen LogP contribution < -0.4 is 10.6 Å². The van der Waals surface area contributed by atoms with Crippen LogP contribution in [0.4, 0.5) is 11.8 Å². The molecule has 1 aromatic carbocycles. The average molecular weight is 332 g/mol. The Morgan fingerprint density at radius 2 is 2.00 bits per heavy atom. The van der Waals surface area contributed by atoms with E-state index in [2.05, 4.69) is 42.6 Å². The summed E-state index contributed by atoms with van der Waals surface area (Å²) < 4.78 is 0.813. The number of aromatic nitrogens is 2. The number of hydrogen-bond donors (Lipinski definition) is 2. The van der Waals surface area contributed by atoms with Crippen LogP contribution in [0.2, 0.25) is 0 Å². The van der Waals surface area contributed by atoms with Gasteiger partial charge in [0.15, 0.2) is 0 Å². The van der Waals surface area contributed by atoms with Gasteiger partial charge in [0.1, 0.15) is 5.82 Å². The minimum atomic E-state index is 0.595. The molecule has 0 saturated carbocycles. The van der Waals surface area contributed by atoms with Gasteiger partial charge < -0.3 is 10.6 Å². The summed E-state index contributed by atoms with van der Waals surface area (Å²) >= 11 is 3.42. The summed E-state index contributed by atoms with van der Waals surface area (Å²) in [4.78, 5) is 8.54. The van der Waals surface area contributed by atoms with E-state index < -0.39 is 0 Å². The van der Waals surface area contributed by atoms with Crippen LogP contribution in [0.1, 0.15) is 18.1 Å². The first-order chi connectivity index (χ1) is 9.72. The maximum Gasteiger partial charge on any atom is 0.224 e. The van der Waals surface area contributed by atoms with Crippen molar-refractivity contribution in [1.82, 2.24) is 9.97 Å². The number of rotatable bonds is 5. The zero-order valence-corrected chi connectivity index (χ0v) is 12.6. The molecule has 20 heavy (non-hydrogen) atoms. The molecule has 0 saturated heterocycles. The molecule has 0 atom stereocenters. The molecular weight excluding hydrogens is 318 g/mol. The zero-order valence-electron chi connectivity index (χ0n) is 11.0. The Kier molecular flexibility index (Phi) is 4.91. The first kappa shape index (κ1) is 14.3. The van der Waals surface area contributed by atoms with Crippen LogP contribution in [-0.4, -0.2) is 16.5 Å². The normalized spacial score (nSPS) is 9.85. The van der Waals surface area contributed by atoms with Crippen molar-refractivity contribution < 1.29 is 0 Å². The lowest BCUT2D eigenvalue weighted by atomic mass is 10.1. The van der Waals surface area contributed by atoms with Gasteiger partial charge in [-0.15, -0.1) is 0 Å². The molecule has 0 fully saturated rings. The second kappa shape index (κ2) is 6.87. The van der Waals surface area contributed by atoms with Gasteiger partial charge in [-0.05, 0) is 40.5 Å². The molecule has 0 aliphatic carbocycles. The summed E-state index contributed by atoms with van der Waals surface area (Å²) in [7, 11) is 0. The van der Waals surface area contributed by atoms with E-state index in [4.69, 9.17) is 5.26 Å². The highest BCUT2D eigenvalue weighted by atomic mass is 79.9. The average Bonchev–Trinajstić information content (AvgIpc) is 2.48. The monoisotopic (exact) mass is 331 g/mol. The molecule has 0 aliphatic heterocycles. The molecule has 2 rings (SSSR count). The Balaban J connectivity index is 2.05. The number of halogens is 1.